The molecule has 0 spiro atoms. The monoisotopic (exact) mass is 282 g/mol. The predicted molar refractivity (Wildman–Crippen MR) is 79.4 cm³/mol. The molecule has 0 fully saturated rings. The van der Waals surface area contributed by atoms with Crippen molar-refractivity contribution < 1.29 is 9.66 Å². The average molecular weight is 282 g/mol. The van der Waals surface area contributed by atoms with E-state index in [-0.39, 0.29) is 11.7 Å². The molecule has 1 unspecified atom stereocenters. The first-order valence-electron chi connectivity index (χ1n) is 6.63. The van der Waals surface area contributed by atoms with E-state index in [1.54, 1.807) is 14.2 Å². The summed E-state index contributed by atoms with van der Waals surface area (Å²) in [6.07, 6.45) is 0.920. The van der Waals surface area contributed by atoms with E-state index in [4.69, 9.17) is 4.74 Å². The van der Waals surface area contributed by atoms with Crippen LogP contribution in [0.1, 0.15) is 20.3 Å². The third-order valence-electron chi connectivity index (χ3n) is 3.22. The fraction of sp³-hybridized carbons (Fsp3) is 0.615. The van der Waals surface area contributed by atoms with Crippen molar-refractivity contribution in [3.05, 3.63) is 22.2 Å². The molecular formula is C13H22N4O3. The molecular weight excluding hydrogens is 260 g/mol. The Hall–Kier alpha value is -1.89. The number of methoxy groups -OCH3 is 1. The predicted octanol–water partition coefficient (Wildman–Crippen LogP) is 2.28. The summed E-state index contributed by atoms with van der Waals surface area (Å²) in [5.41, 5.74) is 0.0325. The molecule has 0 aromatic carbocycles. The Balaban J connectivity index is 3.16. The highest BCUT2D eigenvalue weighted by Crippen LogP contribution is 2.25. The summed E-state index contributed by atoms with van der Waals surface area (Å²) in [6, 6.07) is 3.15. The molecule has 0 radical (unpaired) electrons. The SMILES string of the molecule is CCC(C)N(CCOC)c1cc([N+](=O)[O-])cc(NC)n1. The fourth-order valence-corrected chi connectivity index (χ4v) is 1.85. The van der Waals surface area contributed by atoms with Gasteiger partial charge in [-0.2, -0.15) is 0 Å². The van der Waals surface area contributed by atoms with Gasteiger partial charge in [0.25, 0.3) is 5.69 Å². The second-order valence-corrected chi connectivity index (χ2v) is 4.52. The molecule has 0 aliphatic carbocycles. The molecule has 0 bridgehead atoms. The first kappa shape index (κ1) is 16.2. The summed E-state index contributed by atoms with van der Waals surface area (Å²) < 4.78 is 5.10. The number of nitrogens with zero attached hydrogens (tertiary/aromatic N) is 3. The molecule has 0 saturated carbocycles. The number of anilines is 2. The molecule has 0 amide bonds. The largest absolute Gasteiger partial charge is 0.383 e. The van der Waals surface area contributed by atoms with E-state index in [9.17, 15) is 10.1 Å². The lowest BCUT2D eigenvalue weighted by Gasteiger charge is -2.29. The Labute approximate surface area is 119 Å². The van der Waals surface area contributed by atoms with Crippen LogP contribution in [0.25, 0.3) is 0 Å². The van der Waals surface area contributed by atoms with Gasteiger partial charge in [0, 0.05) is 26.7 Å². The lowest BCUT2D eigenvalue weighted by molar-refractivity contribution is -0.384. The quantitative estimate of drug-likeness (QED) is 0.582. The third-order valence-corrected chi connectivity index (χ3v) is 3.22. The van der Waals surface area contributed by atoms with Crippen molar-refractivity contribution in [1.82, 2.24) is 4.98 Å². The highest BCUT2D eigenvalue weighted by Gasteiger charge is 2.18. The van der Waals surface area contributed by atoms with Gasteiger partial charge in [0.15, 0.2) is 0 Å². The zero-order chi connectivity index (χ0) is 15.1. The van der Waals surface area contributed by atoms with Crippen LogP contribution in [-0.2, 0) is 4.74 Å². The van der Waals surface area contributed by atoms with Crippen molar-refractivity contribution in [2.45, 2.75) is 26.3 Å². The van der Waals surface area contributed by atoms with Crippen molar-refractivity contribution >= 4 is 17.3 Å². The molecule has 1 aromatic rings. The summed E-state index contributed by atoms with van der Waals surface area (Å²) in [5.74, 6) is 1.08. The minimum Gasteiger partial charge on any atom is -0.383 e. The summed E-state index contributed by atoms with van der Waals surface area (Å²) in [7, 11) is 3.33. The summed E-state index contributed by atoms with van der Waals surface area (Å²) in [6.45, 7) is 5.32. The second-order valence-electron chi connectivity index (χ2n) is 4.52. The lowest BCUT2D eigenvalue weighted by atomic mass is 10.2. The van der Waals surface area contributed by atoms with Crippen LogP contribution in [0.4, 0.5) is 17.3 Å². The van der Waals surface area contributed by atoms with Gasteiger partial charge in [-0.25, -0.2) is 4.98 Å². The second kappa shape index (κ2) is 7.64. The van der Waals surface area contributed by atoms with E-state index in [0.29, 0.717) is 24.8 Å². The van der Waals surface area contributed by atoms with Crippen LogP contribution in [0.15, 0.2) is 12.1 Å². The molecule has 1 aromatic heterocycles. The maximum absolute atomic E-state index is 11.0. The van der Waals surface area contributed by atoms with Gasteiger partial charge in [0.05, 0.1) is 23.7 Å². The van der Waals surface area contributed by atoms with Gasteiger partial charge in [0.2, 0.25) is 0 Å². The number of hydrogen-bond acceptors (Lipinski definition) is 6. The molecule has 1 N–H and O–H groups in total. The molecule has 1 rings (SSSR count). The lowest BCUT2D eigenvalue weighted by Crippen LogP contribution is -2.36. The molecule has 20 heavy (non-hydrogen) atoms. The third kappa shape index (κ3) is 4.06. The molecule has 1 atom stereocenters. The van der Waals surface area contributed by atoms with Crippen molar-refractivity contribution in [1.29, 1.82) is 0 Å². The van der Waals surface area contributed by atoms with Gasteiger partial charge in [-0.05, 0) is 13.3 Å². The Morgan fingerprint density at radius 2 is 2.25 bits per heavy atom. The van der Waals surface area contributed by atoms with Gasteiger partial charge >= 0.3 is 0 Å². The molecule has 0 aliphatic rings. The number of rotatable bonds is 8. The Morgan fingerprint density at radius 3 is 2.75 bits per heavy atom. The van der Waals surface area contributed by atoms with Gasteiger partial charge in [-0.3, -0.25) is 10.1 Å². The van der Waals surface area contributed by atoms with Crippen LogP contribution in [-0.4, -0.2) is 43.3 Å². The van der Waals surface area contributed by atoms with Gasteiger partial charge in [0.1, 0.15) is 11.6 Å². The average Bonchev–Trinajstić information content (AvgIpc) is 2.46. The van der Waals surface area contributed by atoms with Crippen LogP contribution in [0.3, 0.4) is 0 Å². The summed E-state index contributed by atoms with van der Waals surface area (Å²) in [4.78, 5) is 17.0. The highest BCUT2D eigenvalue weighted by molar-refractivity contribution is 5.56. The van der Waals surface area contributed by atoms with E-state index in [1.165, 1.54) is 12.1 Å². The minimum absolute atomic E-state index is 0.0325. The first-order valence-corrected chi connectivity index (χ1v) is 6.63. The highest BCUT2D eigenvalue weighted by atomic mass is 16.6. The van der Waals surface area contributed by atoms with Crippen molar-refractivity contribution in [2.75, 3.05) is 37.5 Å². The zero-order valence-corrected chi connectivity index (χ0v) is 12.4. The summed E-state index contributed by atoms with van der Waals surface area (Å²) >= 11 is 0. The Bertz CT molecular complexity index is 453. The fourth-order valence-electron chi connectivity index (χ4n) is 1.85. The van der Waals surface area contributed by atoms with Crippen LogP contribution in [0.2, 0.25) is 0 Å². The molecule has 112 valence electrons. The Morgan fingerprint density at radius 1 is 1.55 bits per heavy atom. The van der Waals surface area contributed by atoms with Crippen LogP contribution < -0.4 is 10.2 Å². The minimum atomic E-state index is -0.406. The number of aromatic nitrogens is 1. The molecule has 0 saturated heterocycles. The van der Waals surface area contributed by atoms with Crippen molar-refractivity contribution in [3.8, 4) is 0 Å². The number of hydrogen-bond donors (Lipinski definition) is 1. The number of ether oxygens (including phenoxy) is 1. The van der Waals surface area contributed by atoms with E-state index < -0.39 is 4.92 Å². The first-order chi connectivity index (χ1) is 9.53. The maximum Gasteiger partial charge on any atom is 0.276 e. The number of pyridine rings is 1. The van der Waals surface area contributed by atoms with E-state index >= 15 is 0 Å². The van der Waals surface area contributed by atoms with Crippen LogP contribution >= 0.6 is 0 Å². The van der Waals surface area contributed by atoms with Crippen molar-refractivity contribution in [2.24, 2.45) is 0 Å². The summed E-state index contributed by atoms with van der Waals surface area (Å²) in [5, 5.41) is 13.9. The normalized spacial score (nSPS) is 12.0. The standard InChI is InChI=1S/C13H22N4O3/c1-5-10(2)16(6-7-20-4)13-9-11(17(18)19)8-12(14-3)15-13/h8-10H,5-7H2,1-4H3,(H,14,15). The smallest absolute Gasteiger partial charge is 0.276 e. The van der Waals surface area contributed by atoms with Gasteiger partial charge in [-0.15, -0.1) is 0 Å². The van der Waals surface area contributed by atoms with E-state index in [1.807, 2.05) is 4.90 Å². The van der Waals surface area contributed by atoms with Crippen LogP contribution in [0.5, 0.6) is 0 Å². The van der Waals surface area contributed by atoms with E-state index in [2.05, 4.69) is 24.1 Å². The molecule has 7 nitrogen and oxygen atoms in total. The zero-order valence-electron chi connectivity index (χ0n) is 12.4. The van der Waals surface area contributed by atoms with Crippen molar-refractivity contribution in [3.63, 3.8) is 0 Å². The van der Waals surface area contributed by atoms with E-state index in [0.717, 1.165) is 6.42 Å². The topological polar surface area (TPSA) is 80.5 Å². The van der Waals surface area contributed by atoms with Crippen LogP contribution in [0, 0.1) is 10.1 Å². The molecule has 0 aliphatic heterocycles. The van der Waals surface area contributed by atoms with Gasteiger partial charge < -0.3 is 15.0 Å². The molecule has 7 heteroatoms. The number of nitro groups is 1. The molecule has 1 heterocycles. The maximum atomic E-state index is 11.0. The van der Waals surface area contributed by atoms with Gasteiger partial charge in [-0.1, -0.05) is 6.92 Å². The number of nitrogens with one attached hydrogen (secondary N) is 1. The Kier molecular flexibility index (Phi) is 6.17.